The molecule has 0 fully saturated rings. The highest BCUT2D eigenvalue weighted by atomic mass is 16.5. The minimum absolute atomic E-state index is 0.0434. The molecule has 102 valence electrons. The number of nitrogens with one attached hydrogen (secondary N) is 3. The minimum Gasteiger partial charge on any atom is -0.469 e. The summed E-state index contributed by atoms with van der Waals surface area (Å²) in [5.74, 6) is -0.226. The molecule has 6 heteroatoms. The zero-order valence-electron chi connectivity index (χ0n) is 10.9. The Hall–Kier alpha value is -2.08. The van der Waals surface area contributed by atoms with Crippen LogP contribution in [0.4, 0.5) is 0 Å². The van der Waals surface area contributed by atoms with Crippen LogP contribution in [0, 0.1) is 0 Å². The fraction of sp³-hybridized carbons (Fsp3) is 0.385. The minimum atomic E-state index is -0.226. The van der Waals surface area contributed by atoms with Crippen LogP contribution in [0.1, 0.15) is 24.4 Å². The lowest BCUT2D eigenvalue weighted by Crippen LogP contribution is -2.18. The molecule has 0 saturated heterocycles. The van der Waals surface area contributed by atoms with Gasteiger partial charge < -0.3 is 20.0 Å². The number of rotatable bonds is 5. The van der Waals surface area contributed by atoms with E-state index in [2.05, 4.69) is 20.0 Å². The summed E-state index contributed by atoms with van der Waals surface area (Å²) in [4.78, 5) is 27.8. The molecule has 19 heavy (non-hydrogen) atoms. The molecule has 2 aromatic rings. The first kappa shape index (κ1) is 13.4. The van der Waals surface area contributed by atoms with Crippen LogP contribution in [0.2, 0.25) is 0 Å². The van der Waals surface area contributed by atoms with Crippen molar-refractivity contribution in [3.8, 4) is 0 Å². The van der Waals surface area contributed by atoms with Gasteiger partial charge in [-0.25, -0.2) is 4.79 Å². The zero-order chi connectivity index (χ0) is 13.8. The number of hydrogen-bond donors (Lipinski definition) is 3. The largest absolute Gasteiger partial charge is 0.469 e. The van der Waals surface area contributed by atoms with Crippen molar-refractivity contribution in [2.24, 2.45) is 0 Å². The predicted octanol–water partition coefficient (Wildman–Crippen LogP) is 1.07. The van der Waals surface area contributed by atoms with E-state index in [9.17, 15) is 9.59 Å². The van der Waals surface area contributed by atoms with E-state index in [1.165, 1.54) is 7.11 Å². The fourth-order valence-electron chi connectivity index (χ4n) is 2.11. The number of H-pyrrole nitrogens is 2. The fourth-order valence-corrected chi connectivity index (χ4v) is 2.11. The van der Waals surface area contributed by atoms with Crippen LogP contribution in [-0.2, 0) is 9.53 Å². The maximum absolute atomic E-state index is 11.2. The topological polar surface area (TPSA) is 87.0 Å². The molecule has 0 saturated carbocycles. The first-order chi connectivity index (χ1) is 9.13. The lowest BCUT2D eigenvalue weighted by molar-refractivity contribution is -0.140. The number of methoxy groups -OCH3 is 1. The molecule has 1 heterocycles. The van der Waals surface area contributed by atoms with E-state index in [1.807, 2.05) is 25.2 Å². The summed E-state index contributed by atoms with van der Waals surface area (Å²) >= 11 is 0. The molecule has 2 rings (SSSR count). The Morgan fingerprint density at radius 2 is 2.11 bits per heavy atom. The third kappa shape index (κ3) is 3.03. The molecule has 0 spiro atoms. The van der Waals surface area contributed by atoms with Crippen LogP contribution in [0.5, 0.6) is 0 Å². The number of ether oxygens (including phenoxy) is 1. The summed E-state index contributed by atoms with van der Waals surface area (Å²) < 4.78 is 4.64. The van der Waals surface area contributed by atoms with Gasteiger partial charge in [-0.15, -0.1) is 0 Å². The molecule has 0 aliphatic heterocycles. The molecule has 0 amide bonds. The standard InChI is InChI=1S/C13H17N3O3/c1-14-9(5-6-12(17)19-2)8-3-4-10-11(7-8)16-13(18)15-10/h3-4,7,9,14H,5-6H2,1-2H3,(H2,15,16,18). The second-order valence-electron chi connectivity index (χ2n) is 4.34. The summed E-state index contributed by atoms with van der Waals surface area (Å²) in [6, 6.07) is 5.74. The number of benzene rings is 1. The molecule has 0 aliphatic rings. The Morgan fingerprint density at radius 1 is 1.37 bits per heavy atom. The van der Waals surface area contributed by atoms with Gasteiger partial charge >= 0.3 is 11.7 Å². The van der Waals surface area contributed by atoms with Crippen LogP contribution < -0.4 is 11.0 Å². The van der Waals surface area contributed by atoms with Crippen LogP contribution in [0.15, 0.2) is 23.0 Å². The number of carbonyl (C=O) groups excluding carboxylic acids is 1. The van der Waals surface area contributed by atoms with Gasteiger partial charge in [0.25, 0.3) is 0 Å². The van der Waals surface area contributed by atoms with Crippen LogP contribution in [0.3, 0.4) is 0 Å². The van der Waals surface area contributed by atoms with Crippen molar-refractivity contribution in [3.63, 3.8) is 0 Å². The van der Waals surface area contributed by atoms with Crippen molar-refractivity contribution < 1.29 is 9.53 Å². The summed E-state index contributed by atoms with van der Waals surface area (Å²) in [7, 11) is 3.22. The van der Waals surface area contributed by atoms with Crippen molar-refractivity contribution in [2.75, 3.05) is 14.2 Å². The summed E-state index contributed by atoms with van der Waals surface area (Å²) in [6.07, 6.45) is 0.993. The molecule has 0 aliphatic carbocycles. The van der Waals surface area contributed by atoms with Gasteiger partial charge in [0.15, 0.2) is 0 Å². The average Bonchev–Trinajstić information content (AvgIpc) is 2.78. The van der Waals surface area contributed by atoms with Crippen molar-refractivity contribution >= 4 is 17.0 Å². The van der Waals surface area contributed by atoms with Gasteiger partial charge in [0.1, 0.15) is 0 Å². The lowest BCUT2D eigenvalue weighted by Gasteiger charge is -2.16. The van der Waals surface area contributed by atoms with Gasteiger partial charge in [0.2, 0.25) is 0 Å². The van der Waals surface area contributed by atoms with E-state index in [0.717, 1.165) is 16.6 Å². The molecular weight excluding hydrogens is 246 g/mol. The zero-order valence-corrected chi connectivity index (χ0v) is 10.9. The van der Waals surface area contributed by atoms with Gasteiger partial charge in [-0.05, 0) is 31.2 Å². The SMILES string of the molecule is CNC(CCC(=O)OC)c1ccc2[nH]c(=O)[nH]c2c1. The number of hydrogen-bond acceptors (Lipinski definition) is 4. The molecule has 0 bridgehead atoms. The lowest BCUT2D eigenvalue weighted by atomic mass is 10.0. The summed E-state index contributed by atoms with van der Waals surface area (Å²) in [5.41, 5.74) is 2.34. The Morgan fingerprint density at radius 3 is 2.79 bits per heavy atom. The Kier molecular flexibility index (Phi) is 4.01. The van der Waals surface area contributed by atoms with E-state index in [4.69, 9.17) is 0 Å². The maximum Gasteiger partial charge on any atom is 0.323 e. The highest BCUT2D eigenvalue weighted by Crippen LogP contribution is 2.21. The van der Waals surface area contributed by atoms with Gasteiger partial charge in [-0.2, -0.15) is 0 Å². The number of carbonyl (C=O) groups is 1. The molecule has 3 N–H and O–H groups in total. The normalized spacial score (nSPS) is 12.5. The Balaban J connectivity index is 2.19. The number of fused-ring (bicyclic) bond motifs is 1. The molecule has 1 aromatic carbocycles. The van der Waals surface area contributed by atoms with Crippen molar-refractivity contribution in [2.45, 2.75) is 18.9 Å². The molecular formula is C13H17N3O3. The molecule has 1 aromatic heterocycles. The Bertz CT molecular complexity index is 629. The van der Waals surface area contributed by atoms with Crippen LogP contribution in [-0.4, -0.2) is 30.1 Å². The monoisotopic (exact) mass is 263 g/mol. The van der Waals surface area contributed by atoms with Crippen molar-refractivity contribution in [1.29, 1.82) is 0 Å². The highest BCUT2D eigenvalue weighted by molar-refractivity contribution is 5.75. The van der Waals surface area contributed by atoms with E-state index >= 15 is 0 Å². The second-order valence-corrected chi connectivity index (χ2v) is 4.34. The van der Waals surface area contributed by atoms with Crippen LogP contribution >= 0.6 is 0 Å². The highest BCUT2D eigenvalue weighted by Gasteiger charge is 2.13. The molecule has 0 radical (unpaired) electrons. The third-order valence-corrected chi connectivity index (χ3v) is 3.16. The molecule has 6 nitrogen and oxygen atoms in total. The summed E-state index contributed by atoms with van der Waals surface area (Å²) in [6.45, 7) is 0. The molecule has 1 unspecified atom stereocenters. The quantitative estimate of drug-likeness (QED) is 0.704. The van der Waals surface area contributed by atoms with Crippen molar-refractivity contribution in [3.05, 3.63) is 34.2 Å². The third-order valence-electron chi connectivity index (χ3n) is 3.16. The smallest absolute Gasteiger partial charge is 0.323 e. The van der Waals surface area contributed by atoms with E-state index < -0.39 is 0 Å². The van der Waals surface area contributed by atoms with E-state index in [-0.39, 0.29) is 17.7 Å². The van der Waals surface area contributed by atoms with E-state index in [1.54, 1.807) is 0 Å². The van der Waals surface area contributed by atoms with Gasteiger partial charge in [-0.1, -0.05) is 6.07 Å². The Labute approximate surface area is 110 Å². The first-order valence-corrected chi connectivity index (χ1v) is 6.10. The summed E-state index contributed by atoms with van der Waals surface area (Å²) in [5, 5.41) is 3.16. The average molecular weight is 263 g/mol. The predicted molar refractivity (Wildman–Crippen MR) is 72.0 cm³/mol. The first-order valence-electron chi connectivity index (χ1n) is 6.10. The maximum atomic E-state index is 11.2. The van der Waals surface area contributed by atoms with Crippen LogP contribution in [0.25, 0.3) is 11.0 Å². The van der Waals surface area contributed by atoms with Gasteiger partial charge in [0.05, 0.1) is 18.1 Å². The van der Waals surface area contributed by atoms with Crippen molar-refractivity contribution in [1.82, 2.24) is 15.3 Å². The second kappa shape index (κ2) is 5.71. The number of esters is 1. The van der Waals surface area contributed by atoms with Gasteiger partial charge in [-0.3, -0.25) is 4.79 Å². The number of aromatic amines is 2. The molecule has 1 atom stereocenters. The van der Waals surface area contributed by atoms with E-state index in [0.29, 0.717) is 12.8 Å². The number of imidazole rings is 1. The van der Waals surface area contributed by atoms with Gasteiger partial charge in [0, 0.05) is 12.5 Å². The number of aromatic nitrogens is 2.